The highest BCUT2D eigenvalue weighted by Gasteiger charge is 2.57. The van der Waals surface area contributed by atoms with Gasteiger partial charge in [0.25, 0.3) is 0 Å². The van der Waals surface area contributed by atoms with E-state index in [1.54, 1.807) is 12.5 Å². The largest absolute Gasteiger partial charge is 0.461 e. The molecule has 0 amide bonds. The van der Waals surface area contributed by atoms with Crippen LogP contribution in [0, 0.1) is 28.6 Å². The Hall–Kier alpha value is -2.73. The quantitative estimate of drug-likeness (QED) is 0.445. The molecule has 2 aromatic rings. The number of hydrogen-bond acceptors (Lipinski definition) is 5. The molecule has 6 rings (SSSR count). The van der Waals surface area contributed by atoms with Crippen LogP contribution in [0.5, 0.6) is 0 Å². The number of hydrogen-bond donors (Lipinski definition) is 2. The Kier molecular flexibility index (Phi) is 5.90. The van der Waals surface area contributed by atoms with Crippen LogP contribution in [0.25, 0.3) is 5.57 Å². The number of esters is 1. The van der Waals surface area contributed by atoms with Gasteiger partial charge in [-0.2, -0.15) is 0 Å². The van der Waals surface area contributed by atoms with E-state index in [0.717, 1.165) is 31.4 Å². The standard InChI is InChI=1S/C30H38N4O2/c1-29-11-9-22(36-28(35)27(31)15-21-17-33-18-34-21)14-20(29)5-6-23-25-8-7-24(19-4-3-13-32-16-19)30(25,2)12-10-26(23)29/h3-5,7,13,16-18,22-23,25-27H,6,8-12,14-15,31H2,1-2H3,(H,33,34). The first-order chi connectivity index (χ1) is 17.4. The average Bonchev–Trinajstić information content (AvgIpc) is 3.52. The normalized spacial score (nSPS) is 36.1. The number of rotatable bonds is 5. The van der Waals surface area contributed by atoms with Gasteiger partial charge < -0.3 is 15.5 Å². The Labute approximate surface area is 213 Å². The third kappa shape index (κ3) is 3.85. The smallest absolute Gasteiger partial charge is 0.323 e. The Morgan fingerprint density at radius 2 is 2.00 bits per heavy atom. The van der Waals surface area contributed by atoms with Crippen LogP contribution in [0.1, 0.15) is 70.1 Å². The summed E-state index contributed by atoms with van der Waals surface area (Å²) in [6.07, 6.45) is 20.3. The van der Waals surface area contributed by atoms with Gasteiger partial charge in [-0.1, -0.05) is 37.6 Å². The molecule has 0 saturated heterocycles. The number of pyridine rings is 1. The number of nitrogens with two attached hydrogens (primary N) is 1. The molecule has 2 heterocycles. The van der Waals surface area contributed by atoms with Gasteiger partial charge in [-0.25, -0.2) is 4.98 Å². The summed E-state index contributed by atoms with van der Waals surface area (Å²) in [6.45, 7) is 4.99. The molecule has 2 saturated carbocycles. The first kappa shape index (κ1) is 23.7. The van der Waals surface area contributed by atoms with E-state index >= 15 is 0 Å². The summed E-state index contributed by atoms with van der Waals surface area (Å²) in [4.78, 5) is 24.1. The molecular formula is C30H38N4O2. The maximum absolute atomic E-state index is 12.7. The number of H-pyrrole nitrogens is 1. The SMILES string of the molecule is CC12CCC(OC(=O)C(N)Cc3cnc[nH]3)CC1=CCC1C2CCC2(C)C(c3cccnc3)=CCC12. The van der Waals surface area contributed by atoms with Gasteiger partial charge in [-0.05, 0) is 84.3 Å². The second kappa shape index (κ2) is 8.98. The highest BCUT2D eigenvalue weighted by Crippen LogP contribution is 2.66. The van der Waals surface area contributed by atoms with Crippen molar-refractivity contribution in [2.75, 3.05) is 0 Å². The Balaban J connectivity index is 1.14. The number of nitrogens with one attached hydrogen (secondary N) is 1. The molecule has 0 bridgehead atoms. The third-order valence-electron chi connectivity index (χ3n) is 10.2. The number of carbonyl (C=O) groups excluding carboxylic acids is 1. The summed E-state index contributed by atoms with van der Waals surface area (Å²) in [5.74, 6) is 1.80. The van der Waals surface area contributed by atoms with Crippen molar-refractivity contribution in [2.24, 2.45) is 34.3 Å². The van der Waals surface area contributed by atoms with Crippen LogP contribution in [-0.2, 0) is 16.0 Å². The maximum Gasteiger partial charge on any atom is 0.323 e. The van der Waals surface area contributed by atoms with E-state index in [0.29, 0.717) is 24.2 Å². The van der Waals surface area contributed by atoms with Crippen molar-refractivity contribution in [3.63, 3.8) is 0 Å². The Morgan fingerprint density at radius 3 is 2.78 bits per heavy atom. The molecular weight excluding hydrogens is 448 g/mol. The van der Waals surface area contributed by atoms with Crippen molar-refractivity contribution in [1.29, 1.82) is 0 Å². The van der Waals surface area contributed by atoms with Gasteiger partial charge in [-0.3, -0.25) is 9.78 Å². The molecule has 0 radical (unpaired) electrons. The predicted octanol–water partition coefficient (Wildman–Crippen LogP) is 5.24. The van der Waals surface area contributed by atoms with Gasteiger partial charge in [-0.15, -0.1) is 0 Å². The summed E-state index contributed by atoms with van der Waals surface area (Å²) in [7, 11) is 0. The van der Waals surface area contributed by atoms with Crippen LogP contribution >= 0.6 is 0 Å². The van der Waals surface area contributed by atoms with E-state index in [1.807, 2.05) is 12.4 Å². The van der Waals surface area contributed by atoms with Crippen LogP contribution in [-0.4, -0.2) is 33.1 Å². The topological polar surface area (TPSA) is 93.9 Å². The number of imidazole rings is 1. The number of aromatic amines is 1. The molecule has 2 aromatic heterocycles. The van der Waals surface area contributed by atoms with Crippen LogP contribution in [0.15, 0.2) is 54.8 Å². The zero-order valence-electron chi connectivity index (χ0n) is 21.5. The van der Waals surface area contributed by atoms with Crippen molar-refractivity contribution in [3.05, 3.63) is 66.0 Å². The van der Waals surface area contributed by atoms with E-state index in [9.17, 15) is 4.79 Å². The average molecular weight is 487 g/mol. The Bertz CT molecular complexity index is 1170. The highest BCUT2D eigenvalue weighted by atomic mass is 16.5. The molecule has 7 atom stereocenters. The van der Waals surface area contributed by atoms with Crippen LogP contribution in [0.3, 0.4) is 0 Å². The first-order valence-electron chi connectivity index (χ1n) is 13.6. The fourth-order valence-corrected chi connectivity index (χ4v) is 8.23. The predicted molar refractivity (Wildman–Crippen MR) is 139 cm³/mol. The van der Waals surface area contributed by atoms with E-state index in [1.165, 1.54) is 36.0 Å². The second-order valence-corrected chi connectivity index (χ2v) is 12.0. The summed E-state index contributed by atoms with van der Waals surface area (Å²) < 4.78 is 5.93. The fraction of sp³-hybridized carbons (Fsp3) is 0.567. The molecule has 3 N–H and O–H groups in total. The lowest BCUT2D eigenvalue weighted by Gasteiger charge is -2.57. The third-order valence-corrected chi connectivity index (χ3v) is 10.2. The Morgan fingerprint density at radius 1 is 1.14 bits per heavy atom. The van der Waals surface area contributed by atoms with Gasteiger partial charge >= 0.3 is 5.97 Å². The maximum atomic E-state index is 12.7. The number of fused-ring (bicyclic) bond motifs is 5. The van der Waals surface area contributed by atoms with E-state index in [4.69, 9.17) is 10.5 Å². The first-order valence-corrected chi connectivity index (χ1v) is 13.6. The number of ether oxygens (including phenoxy) is 1. The van der Waals surface area contributed by atoms with Crippen molar-refractivity contribution in [1.82, 2.24) is 15.0 Å². The van der Waals surface area contributed by atoms with Gasteiger partial charge in [0, 0.05) is 37.1 Å². The molecule has 4 aliphatic rings. The fourth-order valence-electron chi connectivity index (χ4n) is 8.23. The number of allylic oxidation sites excluding steroid dienone is 3. The molecule has 0 aromatic carbocycles. The molecule has 0 aliphatic heterocycles. The van der Waals surface area contributed by atoms with Crippen LogP contribution in [0.2, 0.25) is 0 Å². The van der Waals surface area contributed by atoms with Crippen molar-refractivity contribution in [3.8, 4) is 0 Å². The monoisotopic (exact) mass is 486 g/mol. The zero-order valence-corrected chi connectivity index (χ0v) is 21.5. The lowest BCUT2D eigenvalue weighted by molar-refractivity contribution is -0.153. The van der Waals surface area contributed by atoms with E-state index in [2.05, 4.69) is 53.1 Å². The minimum Gasteiger partial charge on any atom is -0.461 e. The van der Waals surface area contributed by atoms with Crippen molar-refractivity contribution < 1.29 is 9.53 Å². The molecule has 6 nitrogen and oxygen atoms in total. The van der Waals surface area contributed by atoms with Gasteiger partial charge in [0.2, 0.25) is 0 Å². The number of nitrogens with zero attached hydrogens (tertiary/aromatic N) is 2. The van der Waals surface area contributed by atoms with Gasteiger partial charge in [0.1, 0.15) is 12.1 Å². The molecule has 7 unspecified atom stereocenters. The molecule has 190 valence electrons. The van der Waals surface area contributed by atoms with Gasteiger partial charge in [0.15, 0.2) is 0 Å². The zero-order chi connectivity index (χ0) is 24.9. The number of carbonyl (C=O) groups is 1. The summed E-state index contributed by atoms with van der Waals surface area (Å²) >= 11 is 0. The van der Waals surface area contributed by atoms with Crippen molar-refractivity contribution >= 4 is 11.5 Å². The molecule has 6 heteroatoms. The molecule has 2 fully saturated rings. The van der Waals surface area contributed by atoms with Crippen LogP contribution < -0.4 is 5.73 Å². The lowest BCUT2D eigenvalue weighted by atomic mass is 9.47. The highest BCUT2D eigenvalue weighted by molar-refractivity contribution is 5.76. The second-order valence-electron chi connectivity index (χ2n) is 12.0. The molecule has 0 spiro atoms. The van der Waals surface area contributed by atoms with E-state index < -0.39 is 6.04 Å². The van der Waals surface area contributed by atoms with Crippen molar-refractivity contribution in [2.45, 2.75) is 77.4 Å². The summed E-state index contributed by atoms with van der Waals surface area (Å²) in [6, 6.07) is 3.62. The lowest BCUT2D eigenvalue weighted by Crippen LogP contribution is -2.50. The van der Waals surface area contributed by atoms with Crippen LogP contribution in [0.4, 0.5) is 0 Å². The van der Waals surface area contributed by atoms with Gasteiger partial charge in [0.05, 0.1) is 6.33 Å². The minimum absolute atomic E-state index is 0.0691. The molecule has 36 heavy (non-hydrogen) atoms. The molecule has 4 aliphatic carbocycles. The van der Waals surface area contributed by atoms with E-state index in [-0.39, 0.29) is 22.9 Å². The summed E-state index contributed by atoms with van der Waals surface area (Å²) in [5, 5.41) is 0. The number of aromatic nitrogens is 3. The minimum atomic E-state index is -0.664. The summed E-state index contributed by atoms with van der Waals surface area (Å²) in [5.41, 5.74) is 11.8.